The minimum atomic E-state index is -0.197. The van der Waals surface area contributed by atoms with E-state index in [-0.39, 0.29) is 17.1 Å². The number of thioether (sulfide) groups is 1. The summed E-state index contributed by atoms with van der Waals surface area (Å²) in [6.07, 6.45) is 0. The molecule has 0 radical (unpaired) electrons. The van der Waals surface area contributed by atoms with Gasteiger partial charge in [-0.2, -0.15) is 0 Å². The molecule has 3 aromatic rings. The Bertz CT molecular complexity index is 979. The van der Waals surface area contributed by atoms with E-state index in [1.165, 1.54) is 22.0 Å². The minimum absolute atomic E-state index is 0.0743. The Balaban J connectivity index is 1.66. The summed E-state index contributed by atoms with van der Waals surface area (Å²) in [4.78, 5) is 12.2. The maximum absolute atomic E-state index is 12.2. The summed E-state index contributed by atoms with van der Waals surface area (Å²) in [6, 6.07) is 15.2. The average molecular weight is 416 g/mol. The molecule has 146 valence electrons. The molecule has 28 heavy (non-hydrogen) atoms. The van der Waals surface area contributed by atoms with E-state index < -0.39 is 0 Å². The van der Waals surface area contributed by atoms with Gasteiger partial charge in [-0.05, 0) is 23.1 Å². The Labute approximate surface area is 173 Å². The molecule has 0 aliphatic carbocycles. The van der Waals surface area contributed by atoms with Gasteiger partial charge in [0.25, 0.3) is 0 Å². The first-order valence-corrected chi connectivity index (χ1v) is 10.1. The van der Waals surface area contributed by atoms with Crippen molar-refractivity contribution in [3.05, 3.63) is 59.1 Å². The van der Waals surface area contributed by atoms with Crippen LogP contribution in [0.4, 0.5) is 5.69 Å². The zero-order chi connectivity index (χ0) is 20.3. The third-order valence-electron chi connectivity index (χ3n) is 4.15. The number of para-hydroxylation sites is 1. The Hall–Kier alpha value is -2.51. The molecular formula is C20H22ClN5OS. The maximum Gasteiger partial charge on any atom is 0.234 e. The number of nitrogens with two attached hydrogens (primary N) is 1. The number of benzene rings is 2. The van der Waals surface area contributed by atoms with Crippen molar-refractivity contribution in [3.8, 4) is 11.4 Å². The zero-order valence-corrected chi connectivity index (χ0v) is 17.5. The molecule has 2 aromatic carbocycles. The first kappa shape index (κ1) is 20.2. The normalized spacial score (nSPS) is 11.4. The molecule has 0 atom stereocenters. The third-order valence-corrected chi connectivity index (χ3v) is 5.43. The number of rotatable bonds is 5. The molecule has 1 aromatic heterocycles. The van der Waals surface area contributed by atoms with Crippen molar-refractivity contribution in [2.75, 3.05) is 16.9 Å². The molecule has 1 heterocycles. The molecule has 0 saturated carbocycles. The van der Waals surface area contributed by atoms with Gasteiger partial charge in [0.15, 0.2) is 5.82 Å². The van der Waals surface area contributed by atoms with Crippen LogP contribution < -0.4 is 11.2 Å². The summed E-state index contributed by atoms with van der Waals surface area (Å²) in [7, 11) is 0. The molecular weight excluding hydrogens is 394 g/mol. The summed E-state index contributed by atoms with van der Waals surface area (Å²) in [5, 5.41) is 12.0. The van der Waals surface area contributed by atoms with E-state index in [1.807, 2.05) is 18.2 Å². The van der Waals surface area contributed by atoms with E-state index in [9.17, 15) is 4.79 Å². The molecule has 0 aliphatic rings. The fourth-order valence-corrected chi connectivity index (χ4v) is 3.41. The number of carbonyl (C=O) groups excluding carboxylic acids is 1. The highest BCUT2D eigenvalue weighted by Gasteiger charge is 2.17. The third kappa shape index (κ3) is 4.66. The number of amides is 1. The quantitative estimate of drug-likeness (QED) is 0.478. The zero-order valence-electron chi connectivity index (χ0n) is 15.9. The number of aromatic nitrogens is 3. The summed E-state index contributed by atoms with van der Waals surface area (Å²) in [6.45, 7) is 6.49. The van der Waals surface area contributed by atoms with Gasteiger partial charge in [-0.1, -0.05) is 80.5 Å². The van der Waals surface area contributed by atoms with Crippen molar-refractivity contribution in [2.45, 2.75) is 31.3 Å². The molecule has 0 spiro atoms. The first-order chi connectivity index (χ1) is 13.3. The SMILES string of the molecule is CC(C)(C)c1ccc(-c2nnc(SCC(=O)Nc3ccccc3Cl)n2N)cc1. The number of hydrogen-bond donors (Lipinski definition) is 2. The van der Waals surface area contributed by atoms with Gasteiger partial charge in [0, 0.05) is 5.56 Å². The predicted molar refractivity (Wildman–Crippen MR) is 115 cm³/mol. The highest BCUT2D eigenvalue weighted by molar-refractivity contribution is 7.99. The van der Waals surface area contributed by atoms with Crippen LogP contribution >= 0.6 is 23.4 Å². The summed E-state index contributed by atoms with van der Waals surface area (Å²) >= 11 is 7.27. The minimum Gasteiger partial charge on any atom is -0.335 e. The Kier molecular flexibility index (Phi) is 5.96. The van der Waals surface area contributed by atoms with Gasteiger partial charge in [0.1, 0.15) is 0 Å². The van der Waals surface area contributed by atoms with E-state index in [1.54, 1.807) is 18.2 Å². The van der Waals surface area contributed by atoms with Crippen LogP contribution in [0.15, 0.2) is 53.7 Å². The Morgan fingerprint density at radius 3 is 2.46 bits per heavy atom. The lowest BCUT2D eigenvalue weighted by molar-refractivity contribution is -0.113. The number of nitrogens with one attached hydrogen (secondary N) is 1. The molecule has 8 heteroatoms. The van der Waals surface area contributed by atoms with Crippen molar-refractivity contribution in [2.24, 2.45) is 0 Å². The van der Waals surface area contributed by atoms with Gasteiger partial charge < -0.3 is 11.2 Å². The first-order valence-electron chi connectivity index (χ1n) is 8.74. The topological polar surface area (TPSA) is 85.8 Å². The van der Waals surface area contributed by atoms with Gasteiger partial charge in [0.05, 0.1) is 16.5 Å². The van der Waals surface area contributed by atoms with E-state index in [0.717, 1.165) is 5.56 Å². The smallest absolute Gasteiger partial charge is 0.234 e. The molecule has 0 aliphatic heterocycles. The molecule has 3 rings (SSSR count). The van der Waals surface area contributed by atoms with Crippen LogP contribution in [0.5, 0.6) is 0 Å². The standard InChI is InChI=1S/C20H22ClN5OS/c1-20(2,3)14-10-8-13(9-11-14)18-24-25-19(26(18)22)28-12-17(27)23-16-7-5-4-6-15(16)21/h4-11H,12,22H2,1-3H3,(H,23,27). The largest absolute Gasteiger partial charge is 0.335 e. The lowest BCUT2D eigenvalue weighted by Crippen LogP contribution is -2.16. The summed E-state index contributed by atoms with van der Waals surface area (Å²) < 4.78 is 1.40. The average Bonchev–Trinajstić information content (AvgIpc) is 3.02. The molecule has 0 bridgehead atoms. The van der Waals surface area contributed by atoms with Crippen LogP contribution in [0.25, 0.3) is 11.4 Å². The van der Waals surface area contributed by atoms with Crippen molar-refractivity contribution in [3.63, 3.8) is 0 Å². The summed E-state index contributed by atoms with van der Waals surface area (Å²) in [5.74, 6) is 6.64. The van der Waals surface area contributed by atoms with Gasteiger partial charge in [-0.3, -0.25) is 4.79 Å². The van der Waals surface area contributed by atoms with E-state index >= 15 is 0 Å². The summed E-state index contributed by atoms with van der Waals surface area (Å²) in [5.41, 5.74) is 2.74. The lowest BCUT2D eigenvalue weighted by Gasteiger charge is -2.19. The van der Waals surface area contributed by atoms with Crippen molar-refractivity contribution < 1.29 is 4.79 Å². The van der Waals surface area contributed by atoms with Crippen molar-refractivity contribution >= 4 is 35.0 Å². The molecule has 6 nitrogen and oxygen atoms in total. The van der Waals surface area contributed by atoms with Crippen LogP contribution in [0.1, 0.15) is 26.3 Å². The van der Waals surface area contributed by atoms with Crippen LogP contribution in [0.2, 0.25) is 5.02 Å². The van der Waals surface area contributed by atoms with E-state index in [4.69, 9.17) is 17.4 Å². The predicted octanol–water partition coefficient (Wildman–Crippen LogP) is 4.34. The second-order valence-electron chi connectivity index (χ2n) is 7.32. The number of anilines is 1. The number of nitrogens with zero attached hydrogens (tertiary/aromatic N) is 3. The van der Waals surface area contributed by atoms with Gasteiger partial charge >= 0.3 is 0 Å². The van der Waals surface area contributed by atoms with E-state index in [2.05, 4.69) is 48.4 Å². The Morgan fingerprint density at radius 2 is 1.82 bits per heavy atom. The number of carbonyl (C=O) groups is 1. The number of hydrogen-bond acceptors (Lipinski definition) is 5. The second kappa shape index (κ2) is 8.24. The van der Waals surface area contributed by atoms with Crippen molar-refractivity contribution in [1.29, 1.82) is 0 Å². The lowest BCUT2D eigenvalue weighted by atomic mass is 9.87. The molecule has 0 fully saturated rings. The number of halogens is 1. The highest BCUT2D eigenvalue weighted by Crippen LogP contribution is 2.27. The van der Waals surface area contributed by atoms with Crippen LogP contribution in [0.3, 0.4) is 0 Å². The van der Waals surface area contributed by atoms with Crippen LogP contribution in [-0.2, 0) is 10.2 Å². The van der Waals surface area contributed by atoms with Gasteiger partial charge in [-0.15, -0.1) is 10.2 Å². The maximum atomic E-state index is 12.2. The molecule has 0 unspecified atom stereocenters. The van der Waals surface area contributed by atoms with Gasteiger partial charge in [0.2, 0.25) is 11.1 Å². The molecule has 0 saturated heterocycles. The molecule has 3 N–H and O–H groups in total. The van der Waals surface area contributed by atoms with Crippen molar-refractivity contribution in [1.82, 2.24) is 14.9 Å². The van der Waals surface area contributed by atoms with Gasteiger partial charge in [-0.25, -0.2) is 4.68 Å². The van der Waals surface area contributed by atoms with E-state index in [0.29, 0.717) is 21.7 Å². The fourth-order valence-electron chi connectivity index (χ4n) is 2.57. The van der Waals surface area contributed by atoms with Crippen LogP contribution in [-0.4, -0.2) is 26.5 Å². The second-order valence-corrected chi connectivity index (χ2v) is 8.67. The highest BCUT2D eigenvalue weighted by atomic mass is 35.5. The van der Waals surface area contributed by atoms with Crippen LogP contribution in [0, 0.1) is 0 Å². The monoisotopic (exact) mass is 415 g/mol. The molecule has 1 amide bonds. The Morgan fingerprint density at radius 1 is 1.14 bits per heavy atom. The number of nitrogen functional groups attached to an aromatic ring is 1. The fraction of sp³-hybridized carbons (Fsp3) is 0.250.